The van der Waals surface area contributed by atoms with Crippen LogP contribution >= 0.6 is 17.0 Å². The molecular formula is C9H16BrN3. The third-order valence-corrected chi connectivity index (χ3v) is 2.52. The van der Waals surface area contributed by atoms with Gasteiger partial charge in [0.05, 0.1) is 6.33 Å². The molecule has 1 aromatic heterocycles. The van der Waals surface area contributed by atoms with Crippen LogP contribution < -0.4 is 5.32 Å². The summed E-state index contributed by atoms with van der Waals surface area (Å²) in [6, 6.07) is 0. The minimum atomic E-state index is 0. The highest BCUT2D eigenvalue weighted by atomic mass is 79.9. The van der Waals surface area contributed by atoms with E-state index in [0.717, 1.165) is 5.92 Å². The fraction of sp³-hybridized carbons (Fsp3) is 0.667. The number of nitrogens with one attached hydrogen (secondary N) is 2. The average molecular weight is 246 g/mol. The maximum Gasteiger partial charge on any atom is 0.0921 e. The predicted octanol–water partition coefficient (Wildman–Crippen LogP) is 1.53. The molecule has 0 atom stereocenters. The lowest BCUT2D eigenvalue weighted by Crippen LogP contribution is -2.28. The number of nitrogens with zero attached hydrogens (tertiary/aromatic N) is 1. The second-order valence-corrected chi connectivity index (χ2v) is 3.47. The van der Waals surface area contributed by atoms with Crippen molar-refractivity contribution in [3.05, 3.63) is 18.2 Å². The Labute approximate surface area is 89.1 Å². The minimum Gasteiger partial charge on any atom is -0.348 e. The number of hydrogen-bond donors (Lipinski definition) is 2. The summed E-state index contributed by atoms with van der Waals surface area (Å²) in [5, 5.41) is 3.37. The van der Waals surface area contributed by atoms with Crippen LogP contribution in [0.5, 0.6) is 0 Å². The number of piperidine rings is 1. The van der Waals surface area contributed by atoms with E-state index in [1.807, 2.05) is 6.20 Å². The summed E-state index contributed by atoms with van der Waals surface area (Å²) < 4.78 is 0. The predicted molar refractivity (Wildman–Crippen MR) is 58.2 cm³/mol. The van der Waals surface area contributed by atoms with Gasteiger partial charge in [0.2, 0.25) is 0 Å². The number of aromatic amines is 1. The maximum absolute atomic E-state index is 4.02. The van der Waals surface area contributed by atoms with E-state index in [2.05, 4.69) is 15.3 Å². The molecule has 2 rings (SSSR count). The zero-order valence-corrected chi connectivity index (χ0v) is 9.34. The molecule has 1 saturated heterocycles. The van der Waals surface area contributed by atoms with Crippen LogP contribution in [-0.4, -0.2) is 23.1 Å². The summed E-state index contributed by atoms with van der Waals surface area (Å²) in [5.74, 6) is 0.853. The summed E-state index contributed by atoms with van der Waals surface area (Å²) in [7, 11) is 0. The van der Waals surface area contributed by atoms with Crippen molar-refractivity contribution in [3.63, 3.8) is 0 Å². The molecule has 2 N–H and O–H groups in total. The van der Waals surface area contributed by atoms with Gasteiger partial charge in [-0.1, -0.05) is 0 Å². The normalized spacial score (nSPS) is 18.2. The van der Waals surface area contributed by atoms with Crippen LogP contribution in [0.3, 0.4) is 0 Å². The van der Waals surface area contributed by atoms with Crippen LogP contribution in [0.1, 0.15) is 18.5 Å². The van der Waals surface area contributed by atoms with Crippen LogP contribution in [0.15, 0.2) is 12.5 Å². The van der Waals surface area contributed by atoms with Crippen molar-refractivity contribution < 1.29 is 0 Å². The Bertz CT molecular complexity index is 217. The first-order chi connectivity index (χ1) is 5.95. The molecule has 0 aliphatic carbocycles. The highest BCUT2D eigenvalue weighted by Gasteiger charge is 2.13. The Balaban J connectivity index is 0.000000845. The van der Waals surface area contributed by atoms with Gasteiger partial charge in [-0.15, -0.1) is 17.0 Å². The maximum atomic E-state index is 4.02. The zero-order valence-electron chi connectivity index (χ0n) is 7.62. The molecule has 0 bridgehead atoms. The van der Waals surface area contributed by atoms with Gasteiger partial charge >= 0.3 is 0 Å². The van der Waals surface area contributed by atoms with Crippen LogP contribution in [0.4, 0.5) is 0 Å². The first-order valence-electron chi connectivity index (χ1n) is 4.63. The molecule has 0 unspecified atom stereocenters. The number of aromatic nitrogens is 2. The van der Waals surface area contributed by atoms with E-state index in [1.54, 1.807) is 6.33 Å². The van der Waals surface area contributed by atoms with Gasteiger partial charge in [0.25, 0.3) is 0 Å². The molecule has 0 aromatic carbocycles. The molecular weight excluding hydrogens is 230 g/mol. The standard InChI is InChI=1S/C9H15N3.BrH/c1-3-10-4-2-8(1)5-9-6-11-7-12-9;/h6-8,10H,1-5H2,(H,11,12);1H. The molecule has 1 aliphatic heterocycles. The third-order valence-electron chi connectivity index (χ3n) is 2.52. The summed E-state index contributed by atoms with van der Waals surface area (Å²) >= 11 is 0. The molecule has 0 spiro atoms. The zero-order chi connectivity index (χ0) is 8.23. The lowest BCUT2D eigenvalue weighted by molar-refractivity contribution is 0.370. The Hall–Kier alpha value is -0.350. The summed E-state index contributed by atoms with van der Waals surface area (Å²) in [6.07, 6.45) is 7.47. The van der Waals surface area contributed by atoms with Gasteiger partial charge in [-0.2, -0.15) is 0 Å². The van der Waals surface area contributed by atoms with Crippen LogP contribution in [0.2, 0.25) is 0 Å². The molecule has 0 radical (unpaired) electrons. The van der Waals surface area contributed by atoms with E-state index in [-0.39, 0.29) is 17.0 Å². The SMILES string of the molecule is Br.c1ncc(CC2CCNCC2)[nH]1. The van der Waals surface area contributed by atoms with Gasteiger partial charge in [0, 0.05) is 11.9 Å². The van der Waals surface area contributed by atoms with Crippen molar-refractivity contribution in [2.75, 3.05) is 13.1 Å². The molecule has 3 nitrogen and oxygen atoms in total. The van der Waals surface area contributed by atoms with E-state index in [0.29, 0.717) is 0 Å². The fourth-order valence-electron chi connectivity index (χ4n) is 1.79. The van der Waals surface area contributed by atoms with E-state index < -0.39 is 0 Å². The van der Waals surface area contributed by atoms with Gasteiger partial charge < -0.3 is 10.3 Å². The van der Waals surface area contributed by atoms with Crippen molar-refractivity contribution >= 4 is 17.0 Å². The fourth-order valence-corrected chi connectivity index (χ4v) is 1.79. The highest BCUT2D eigenvalue weighted by molar-refractivity contribution is 8.93. The summed E-state index contributed by atoms with van der Waals surface area (Å²) in [6.45, 7) is 2.36. The van der Waals surface area contributed by atoms with E-state index >= 15 is 0 Å². The number of rotatable bonds is 2. The second-order valence-electron chi connectivity index (χ2n) is 3.47. The molecule has 0 saturated carbocycles. The van der Waals surface area contributed by atoms with Crippen LogP contribution in [0, 0.1) is 5.92 Å². The second kappa shape index (κ2) is 5.40. The van der Waals surface area contributed by atoms with Gasteiger partial charge in [-0.05, 0) is 38.3 Å². The summed E-state index contributed by atoms with van der Waals surface area (Å²) in [5.41, 5.74) is 1.28. The first-order valence-corrected chi connectivity index (χ1v) is 4.63. The lowest BCUT2D eigenvalue weighted by atomic mass is 9.93. The molecule has 1 aromatic rings. The van der Waals surface area contributed by atoms with Crippen LogP contribution in [0.25, 0.3) is 0 Å². The highest BCUT2D eigenvalue weighted by Crippen LogP contribution is 2.15. The monoisotopic (exact) mass is 245 g/mol. The molecule has 4 heteroatoms. The molecule has 1 aliphatic rings. The van der Waals surface area contributed by atoms with Crippen molar-refractivity contribution in [1.29, 1.82) is 0 Å². The topological polar surface area (TPSA) is 40.7 Å². The lowest BCUT2D eigenvalue weighted by Gasteiger charge is -2.21. The van der Waals surface area contributed by atoms with Crippen molar-refractivity contribution in [1.82, 2.24) is 15.3 Å². The number of imidazole rings is 1. The Morgan fingerprint density at radius 2 is 2.15 bits per heavy atom. The number of halogens is 1. The Kier molecular flexibility index (Phi) is 4.45. The molecule has 13 heavy (non-hydrogen) atoms. The van der Waals surface area contributed by atoms with Crippen LogP contribution in [-0.2, 0) is 6.42 Å². The summed E-state index contributed by atoms with van der Waals surface area (Å²) in [4.78, 5) is 7.17. The molecule has 0 amide bonds. The van der Waals surface area contributed by atoms with Gasteiger partial charge in [-0.25, -0.2) is 4.98 Å². The minimum absolute atomic E-state index is 0. The van der Waals surface area contributed by atoms with Gasteiger partial charge in [0.15, 0.2) is 0 Å². The smallest absolute Gasteiger partial charge is 0.0921 e. The molecule has 1 fully saturated rings. The van der Waals surface area contributed by atoms with Crippen molar-refractivity contribution in [2.45, 2.75) is 19.3 Å². The van der Waals surface area contributed by atoms with Gasteiger partial charge in [0.1, 0.15) is 0 Å². The number of H-pyrrole nitrogens is 1. The largest absolute Gasteiger partial charge is 0.348 e. The number of hydrogen-bond acceptors (Lipinski definition) is 2. The van der Waals surface area contributed by atoms with Crippen molar-refractivity contribution in [3.8, 4) is 0 Å². The first kappa shape index (κ1) is 10.7. The van der Waals surface area contributed by atoms with E-state index in [9.17, 15) is 0 Å². The Morgan fingerprint density at radius 1 is 1.38 bits per heavy atom. The van der Waals surface area contributed by atoms with Crippen molar-refractivity contribution in [2.24, 2.45) is 5.92 Å². The molecule has 2 heterocycles. The third kappa shape index (κ3) is 3.12. The van der Waals surface area contributed by atoms with Gasteiger partial charge in [-0.3, -0.25) is 0 Å². The van der Waals surface area contributed by atoms with E-state index in [4.69, 9.17) is 0 Å². The average Bonchev–Trinajstić information content (AvgIpc) is 2.59. The Morgan fingerprint density at radius 3 is 2.77 bits per heavy atom. The quantitative estimate of drug-likeness (QED) is 0.830. The molecule has 74 valence electrons. The van der Waals surface area contributed by atoms with E-state index in [1.165, 1.54) is 38.0 Å².